The molecule has 74 valence electrons. The number of hydrogen-bond donors (Lipinski definition) is 1. The summed E-state index contributed by atoms with van der Waals surface area (Å²) in [6.45, 7) is 1.38. The molecule has 0 bridgehead atoms. The number of hydrogen-bond acceptors (Lipinski definition) is 2. The Bertz CT molecular complexity index is 162. The maximum Gasteiger partial charge on any atom is 0.390 e. The molecule has 0 aromatic carbocycles. The van der Waals surface area contributed by atoms with Crippen LogP contribution >= 0.6 is 0 Å². The second kappa shape index (κ2) is 4.33. The third-order valence-electron chi connectivity index (χ3n) is 2.06. The van der Waals surface area contributed by atoms with Gasteiger partial charge < -0.3 is 10.1 Å². The Hall–Kier alpha value is -0.225. The number of alkyl halides is 3. The minimum atomic E-state index is -4.06. The molecule has 2 radical (unpaired) electrons. The van der Waals surface area contributed by atoms with Crippen LogP contribution < -0.4 is 5.32 Å². The zero-order valence-corrected chi connectivity index (χ0v) is 7.27. The Morgan fingerprint density at radius 2 is 2.15 bits per heavy atom. The van der Waals surface area contributed by atoms with Crippen LogP contribution in [0.1, 0.15) is 12.8 Å². The van der Waals surface area contributed by atoms with E-state index in [0.717, 1.165) is 13.0 Å². The summed E-state index contributed by atoms with van der Waals surface area (Å²) in [6, 6.07) is 0.118. The van der Waals surface area contributed by atoms with Crippen LogP contribution in [0.4, 0.5) is 13.2 Å². The quantitative estimate of drug-likeness (QED) is 0.661. The van der Waals surface area contributed by atoms with Crippen molar-refractivity contribution < 1.29 is 13.2 Å². The van der Waals surface area contributed by atoms with Crippen LogP contribution in [0.5, 0.6) is 0 Å². The summed E-state index contributed by atoms with van der Waals surface area (Å²) in [5.74, 6) is 0. The van der Waals surface area contributed by atoms with Crippen molar-refractivity contribution in [1.82, 2.24) is 10.1 Å². The Balaban J connectivity index is 2.07. The number of nitrogens with one attached hydrogen (secondary N) is 1. The van der Waals surface area contributed by atoms with Crippen molar-refractivity contribution in [3.8, 4) is 0 Å². The van der Waals surface area contributed by atoms with Crippen molar-refractivity contribution in [3.63, 3.8) is 0 Å². The van der Waals surface area contributed by atoms with Gasteiger partial charge in [-0.15, -0.1) is 0 Å². The van der Waals surface area contributed by atoms with Gasteiger partial charge in [-0.3, -0.25) is 0 Å². The van der Waals surface area contributed by atoms with Gasteiger partial charge in [-0.1, -0.05) is 0 Å². The first kappa shape index (κ1) is 10.9. The molecule has 1 saturated heterocycles. The minimum absolute atomic E-state index is 0.0119. The molecule has 0 aliphatic carbocycles. The van der Waals surface area contributed by atoms with E-state index < -0.39 is 12.6 Å². The highest BCUT2D eigenvalue weighted by Gasteiger charge is 2.27. The largest absolute Gasteiger partial charge is 0.390 e. The molecule has 1 atom stereocenters. The third kappa shape index (κ3) is 4.52. The molecule has 0 unspecified atom stereocenters. The summed E-state index contributed by atoms with van der Waals surface area (Å²) in [4.78, 5) is 1.62. The first-order valence-electron chi connectivity index (χ1n) is 4.27. The van der Waals surface area contributed by atoms with Crippen molar-refractivity contribution in [2.45, 2.75) is 25.1 Å². The predicted octanol–water partition coefficient (Wildman–Crippen LogP) is 0.686. The van der Waals surface area contributed by atoms with Crippen LogP contribution in [0.3, 0.4) is 0 Å². The van der Waals surface area contributed by atoms with Crippen molar-refractivity contribution in [3.05, 3.63) is 0 Å². The number of rotatable bonds is 3. The van der Waals surface area contributed by atoms with Gasteiger partial charge in [0.15, 0.2) is 7.98 Å². The van der Waals surface area contributed by atoms with Gasteiger partial charge in [-0.05, 0) is 13.0 Å². The standard InChI is InChI=1S/C7H12BF3N2/c8-13-4-1-6(5-13)12-3-2-7(9,10)11/h6,12H,1-5H2/t6-/m0/s1. The van der Waals surface area contributed by atoms with E-state index in [1.54, 1.807) is 4.81 Å². The zero-order valence-electron chi connectivity index (χ0n) is 7.27. The molecule has 6 heteroatoms. The van der Waals surface area contributed by atoms with E-state index in [4.69, 9.17) is 7.98 Å². The molecule has 1 N–H and O–H groups in total. The molecule has 0 spiro atoms. The molecular weight excluding hydrogens is 180 g/mol. The summed E-state index contributed by atoms with van der Waals surface area (Å²) in [5, 5.41) is 2.83. The van der Waals surface area contributed by atoms with Gasteiger partial charge >= 0.3 is 6.18 Å². The van der Waals surface area contributed by atoms with Crippen LogP contribution in [0.25, 0.3) is 0 Å². The molecule has 0 aromatic heterocycles. The fourth-order valence-electron chi connectivity index (χ4n) is 1.37. The Labute approximate surface area is 76.9 Å². The Kier molecular flexibility index (Phi) is 3.61. The third-order valence-corrected chi connectivity index (χ3v) is 2.06. The normalized spacial score (nSPS) is 25.3. The summed E-state index contributed by atoms with van der Waals surface area (Å²) < 4.78 is 35.2. The average Bonchev–Trinajstić information content (AvgIpc) is 2.33. The molecule has 2 nitrogen and oxygen atoms in total. The highest BCUT2D eigenvalue weighted by molar-refractivity contribution is 6.04. The number of halogens is 3. The van der Waals surface area contributed by atoms with Gasteiger partial charge in [0.1, 0.15) is 0 Å². The molecule has 1 fully saturated rings. The summed E-state index contributed by atoms with van der Waals surface area (Å²) in [5.41, 5.74) is 0. The molecule has 0 amide bonds. The van der Waals surface area contributed by atoms with Gasteiger partial charge in [0.05, 0.1) is 6.42 Å². The van der Waals surface area contributed by atoms with Crippen LogP contribution in [-0.2, 0) is 0 Å². The highest BCUT2D eigenvalue weighted by Crippen LogP contribution is 2.18. The van der Waals surface area contributed by atoms with Gasteiger partial charge in [-0.25, -0.2) is 0 Å². The first-order valence-corrected chi connectivity index (χ1v) is 4.27. The summed E-state index contributed by atoms with van der Waals surface area (Å²) in [6.07, 6.45) is -4.00. The lowest BCUT2D eigenvalue weighted by Gasteiger charge is -2.13. The van der Waals surface area contributed by atoms with E-state index in [9.17, 15) is 13.2 Å². The molecule has 1 heterocycles. The monoisotopic (exact) mass is 192 g/mol. The van der Waals surface area contributed by atoms with Crippen molar-refractivity contribution in [2.24, 2.45) is 0 Å². The van der Waals surface area contributed by atoms with E-state index in [1.165, 1.54) is 0 Å². The van der Waals surface area contributed by atoms with Gasteiger partial charge in [0.2, 0.25) is 0 Å². The molecule has 13 heavy (non-hydrogen) atoms. The molecular formula is C7H12BF3N2. The summed E-state index contributed by atoms with van der Waals surface area (Å²) in [7, 11) is 5.45. The van der Waals surface area contributed by atoms with Crippen LogP contribution in [0, 0.1) is 0 Å². The highest BCUT2D eigenvalue weighted by atomic mass is 19.4. The van der Waals surface area contributed by atoms with Crippen molar-refractivity contribution >= 4 is 7.98 Å². The van der Waals surface area contributed by atoms with E-state index in [1.807, 2.05) is 0 Å². The lowest BCUT2D eigenvalue weighted by Crippen LogP contribution is -2.34. The SMILES string of the molecule is [B]N1CC[C@H](NCCC(F)(F)F)C1. The van der Waals surface area contributed by atoms with Crippen LogP contribution in [0.2, 0.25) is 0 Å². The molecule has 1 aliphatic heterocycles. The topological polar surface area (TPSA) is 15.3 Å². The smallest absolute Gasteiger partial charge is 0.352 e. The Morgan fingerprint density at radius 3 is 2.62 bits per heavy atom. The second-order valence-electron chi connectivity index (χ2n) is 3.30. The Morgan fingerprint density at radius 1 is 1.46 bits per heavy atom. The lowest BCUT2D eigenvalue weighted by molar-refractivity contribution is -0.133. The molecule has 0 aromatic rings. The van der Waals surface area contributed by atoms with E-state index in [0.29, 0.717) is 6.54 Å². The van der Waals surface area contributed by atoms with Gasteiger partial charge in [0.25, 0.3) is 0 Å². The van der Waals surface area contributed by atoms with E-state index in [2.05, 4.69) is 5.32 Å². The second-order valence-corrected chi connectivity index (χ2v) is 3.30. The molecule has 0 saturated carbocycles. The first-order chi connectivity index (χ1) is 5.97. The summed E-state index contributed by atoms with van der Waals surface area (Å²) >= 11 is 0. The zero-order chi connectivity index (χ0) is 9.90. The van der Waals surface area contributed by atoms with Gasteiger partial charge in [-0.2, -0.15) is 13.2 Å². The maximum atomic E-state index is 11.7. The van der Waals surface area contributed by atoms with E-state index in [-0.39, 0.29) is 12.6 Å². The van der Waals surface area contributed by atoms with Crippen LogP contribution in [0.15, 0.2) is 0 Å². The predicted molar refractivity (Wildman–Crippen MR) is 44.4 cm³/mol. The van der Waals surface area contributed by atoms with Gasteiger partial charge in [0, 0.05) is 19.1 Å². The van der Waals surface area contributed by atoms with Crippen molar-refractivity contribution in [2.75, 3.05) is 19.6 Å². The fourth-order valence-corrected chi connectivity index (χ4v) is 1.37. The van der Waals surface area contributed by atoms with Crippen LogP contribution in [-0.4, -0.2) is 44.6 Å². The fraction of sp³-hybridized carbons (Fsp3) is 1.00. The maximum absolute atomic E-state index is 11.7. The van der Waals surface area contributed by atoms with Crippen molar-refractivity contribution in [1.29, 1.82) is 0 Å². The molecule has 1 aliphatic rings. The average molecular weight is 192 g/mol. The minimum Gasteiger partial charge on any atom is -0.352 e. The number of nitrogens with zero attached hydrogens (tertiary/aromatic N) is 1. The molecule has 1 rings (SSSR count). The lowest BCUT2D eigenvalue weighted by atomic mass is 10.2. The van der Waals surface area contributed by atoms with E-state index >= 15 is 0 Å².